The topological polar surface area (TPSA) is 39.7 Å². The van der Waals surface area contributed by atoms with Crippen LogP contribution in [0, 0.1) is 12.7 Å². The summed E-state index contributed by atoms with van der Waals surface area (Å²) in [5.41, 5.74) is 4.50. The Bertz CT molecular complexity index is 714. The summed E-state index contributed by atoms with van der Waals surface area (Å²) in [6.07, 6.45) is 0.824. The highest BCUT2D eigenvalue weighted by Crippen LogP contribution is 2.12. The van der Waals surface area contributed by atoms with Gasteiger partial charge in [-0.25, -0.2) is 4.39 Å². The van der Waals surface area contributed by atoms with Crippen molar-refractivity contribution < 1.29 is 4.39 Å². The number of nitrogens with one attached hydrogen (secondary N) is 2. The first-order valence-corrected chi connectivity index (χ1v) is 8.45. The number of benzene rings is 2. The molecule has 0 saturated heterocycles. The van der Waals surface area contributed by atoms with Crippen molar-refractivity contribution in [3.63, 3.8) is 0 Å². The summed E-state index contributed by atoms with van der Waals surface area (Å²) < 4.78 is 13.1. The second-order valence-electron chi connectivity index (χ2n) is 6.23. The average molecular weight is 470 g/mol. The van der Waals surface area contributed by atoms with E-state index in [1.807, 2.05) is 27.1 Å². The molecule has 2 N–H and O–H groups in total. The van der Waals surface area contributed by atoms with Crippen LogP contribution in [0.4, 0.5) is 10.1 Å². The predicted molar refractivity (Wildman–Crippen MR) is 119 cm³/mol. The van der Waals surface area contributed by atoms with Crippen LogP contribution in [-0.2, 0) is 13.0 Å². The highest BCUT2D eigenvalue weighted by molar-refractivity contribution is 14.0. The lowest BCUT2D eigenvalue weighted by atomic mass is 10.1. The summed E-state index contributed by atoms with van der Waals surface area (Å²) in [5.74, 6) is 0.573. The number of hydrogen-bond acceptors (Lipinski definition) is 2. The summed E-state index contributed by atoms with van der Waals surface area (Å²) in [4.78, 5) is 6.32. The Kier molecular flexibility index (Phi) is 9.40. The predicted octanol–water partition coefficient (Wildman–Crippen LogP) is 3.73. The maximum atomic E-state index is 13.1. The Hall–Kier alpha value is -1.83. The molecule has 0 fully saturated rings. The molecule has 0 unspecified atom stereocenters. The number of halogens is 2. The van der Waals surface area contributed by atoms with Gasteiger partial charge in [-0.1, -0.05) is 18.2 Å². The molecule has 0 aliphatic carbocycles. The van der Waals surface area contributed by atoms with Crippen LogP contribution in [0.2, 0.25) is 0 Å². The van der Waals surface area contributed by atoms with E-state index in [0.717, 1.165) is 30.1 Å². The lowest BCUT2D eigenvalue weighted by Crippen LogP contribution is -2.37. The van der Waals surface area contributed by atoms with E-state index in [1.165, 1.54) is 17.3 Å². The third-order valence-electron chi connectivity index (χ3n) is 4.13. The van der Waals surface area contributed by atoms with Crippen LogP contribution in [0.1, 0.15) is 16.7 Å². The van der Waals surface area contributed by atoms with Gasteiger partial charge in [0.05, 0.1) is 0 Å². The van der Waals surface area contributed by atoms with E-state index in [-0.39, 0.29) is 29.8 Å². The summed E-state index contributed by atoms with van der Waals surface area (Å²) in [6, 6.07) is 13.3. The molecule has 0 aliphatic rings. The van der Waals surface area contributed by atoms with Crippen LogP contribution in [0.25, 0.3) is 0 Å². The zero-order chi connectivity index (χ0) is 18.2. The molecule has 26 heavy (non-hydrogen) atoms. The second kappa shape index (κ2) is 11.0. The lowest BCUT2D eigenvalue weighted by molar-refractivity contribution is 0.625. The minimum Gasteiger partial charge on any atom is -0.378 e. The Morgan fingerprint density at radius 1 is 1.08 bits per heavy atom. The van der Waals surface area contributed by atoms with Gasteiger partial charge in [0.15, 0.2) is 5.96 Å². The van der Waals surface area contributed by atoms with Gasteiger partial charge in [0.25, 0.3) is 0 Å². The fourth-order valence-electron chi connectivity index (χ4n) is 2.57. The van der Waals surface area contributed by atoms with E-state index in [0.29, 0.717) is 6.54 Å². The Morgan fingerprint density at radius 3 is 2.35 bits per heavy atom. The highest BCUT2D eigenvalue weighted by Gasteiger charge is 2.02. The lowest BCUT2D eigenvalue weighted by Gasteiger charge is -2.14. The zero-order valence-corrected chi connectivity index (χ0v) is 18.2. The van der Waals surface area contributed by atoms with E-state index < -0.39 is 0 Å². The second-order valence-corrected chi connectivity index (χ2v) is 6.23. The van der Waals surface area contributed by atoms with E-state index >= 15 is 0 Å². The first kappa shape index (κ1) is 22.2. The standard InChI is InChI=1S/C20H27FN4.HI/c1-15-13-18(21)8-7-17(15)11-12-23-20(22-2)24-14-16-5-9-19(10-6-16)25(3)4;/h5-10,13H,11-12,14H2,1-4H3,(H2,22,23,24);1H. The fourth-order valence-corrected chi connectivity index (χ4v) is 2.57. The molecule has 6 heteroatoms. The third kappa shape index (κ3) is 6.82. The first-order chi connectivity index (χ1) is 12.0. The number of rotatable bonds is 6. The molecule has 0 saturated carbocycles. The molecule has 0 amide bonds. The molecule has 0 radical (unpaired) electrons. The molecule has 2 aromatic carbocycles. The van der Waals surface area contributed by atoms with Crippen molar-refractivity contribution in [2.75, 3.05) is 32.6 Å². The molecule has 0 bridgehead atoms. The molecule has 2 rings (SSSR count). The molecule has 4 nitrogen and oxygen atoms in total. The Labute approximate surface area is 172 Å². The van der Waals surface area contributed by atoms with Gasteiger partial charge in [-0.2, -0.15) is 0 Å². The van der Waals surface area contributed by atoms with Crippen LogP contribution in [-0.4, -0.2) is 33.6 Å². The van der Waals surface area contributed by atoms with Crippen LogP contribution in [0.5, 0.6) is 0 Å². The van der Waals surface area contributed by atoms with Crippen molar-refractivity contribution in [3.8, 4) is 0 Å². The van der Waals surface area contributed by atoms with Gasteiger partial charge in [-0.15, -0.1) is 24.0 Å². The van der Waals surface area contributed by atoms with E-state index in [2.05, 4.69) is 44.8 Å². The number of guanidine groups is 1. The van der Waals surface area contributed by atoms with Gasteiger partial charge in [0.1, 0.15) is 5.82 Å². The van der Waals surface area contributed by atoms with Crippen molar-refractivity contribution in [2.45, 2.75) is 19.9 Å². The van der Waals surface area contributed by atoms with Gasteiger partial charge in [0.2, 0.25) is 0 Å². The van der Waals surface area contributed by atoms with Crippen molar-refractivity contribution in [2.24, 2.45) is 4.99 Å². The van der Waals surface area contributed by atoms with Gasteiger partial charge in [-0.3, -0.25) is 4.99 Å². The quantitative estimate of drug-likeness (QED) is 0.384. The fraction of sp³-hybridized carbons (Fsp3) is 0.350. The van der Waals surface area contributed by atoms with Gasteiger partial charge < -0.3 is 15.5 Å². The normalized spacial score (nSPS) is 10.9. The van der Waals surface area contributed by atoms with Crippen molar-refractivity contribution in [1.82, 2.24) is 10.6 Å². The summed E-state index contributed by atoms with van der Waals surface area (Å²) in [7, 11) is 5.82. The maximum Gasteiger partial charge on any atom is 0.191 e. The highest BCUT2D eigenvalue weighted by atomic mass is 127. The van der Waals surface area contributed by atoms with Crippen LogP contribution in [0.15, 0.2) is 47.5 Å². The van der Waals surface area contributed by atoms with E-state index in [4.69, 9.17) is 0 Å². The molecule has 0 heterocycles. The molecule has 0 atom stereocenters. The molecule has 2 aromatic rings. The summed E-state index contributed by atoms with van der Waals surface area (Å²) in [5, 5.41) is 6.61. The van der Waals surface area contributed by atoms with Crippen molar-refractivity contribution >= 4 is 35.6 Å². The first-order valence-electron chi connectivity index (χ1n) is 8.45. The number of aryl methyl sites for hydroxylation is 1. The number of hydrogen-bond donors (Lipinski definition) is 2. The summed E-state index contributed by atoms with van der Waals surface area (Å²) >= 11 is 0. The van der Waals surface area contributed by atoms with E-state index in [1.54, 1.807) is 13.1 Å². The van der Waals surface area contributed by atoms with Crippen LogP contribution < -0.4 is 15.5 Å². The van der Waals surface area contributed by atoms with Crippen LogP contribution >= 0.6 is 24.0 Å². The molecule has 0 aromatic heterocycles. The van der Waals surface area contributed by atoms with E-state index in [9.17, 15) is 4.39 Å². The van der Waals surface area contributed by atoms with Crippen LogP contribution in [0.3, 0.4) is 0 Å². The third-order valence-corrected chi connectivity index (χ3v) is 4.13. The van der Waals surface area contributed by atoms with Gasteiger partial charge in [-0.05, 0) is 54.3 Å². The van der Waals surface area contributed by atoms with Crippen molar-refractivity contribution in [3.05, 3.63) is 65.0 Å². The molecule has 0 aliphatic heterocycles. The molecular weight excluding hydrogens is 442 g/mol. The van der Waals surface area contributed by atoms with Gasteiger partial charge in [0, 0.05) is 39.9 Å². The SMILES string of the molecule is CN=C(NCCc1ccc(F)cc1C)NCc1ccc(N(C)C)cc1.I. The van der Waals surface area contributed by atoms with Crippen molar-refractivity contribution in [1.29, 1.82) is 0 Å². The summed E-state index contributed by atoms with van der Waals surface area (Å²) in [6.45, 7) is 3.39. The minimum atomic E-state index is -0.188. The number of anilines is 1. The monoisotopic (exact) mass is 470 g/mol. The smallest absolute Gasteiger partial charge is 0.191 e. The Balaban J connectivity index is 0.00000338. The maximum absolute atomic E-state index is 13.1. The molecular formula is C20H28FIN4. The van der Waals surface area contributed by atoms with Gasteiger partial charge >= 0.3 is 0 Å². The molecule has 142 valence electrons. The number of nitrogens with zero attached hydrogens (tertiary/aromatic N) is 2. The minimum absolute atomic E-state index is 0. The largest absolute Gasteiger partial charge is 0.378 e. The zero-order valence-electron chi connectivity index (χ0n) is 15.8. The number of aliphatic imine (C=N–C) groups is 1. The average Bonchev–Trinajstić information content (AvgIpc) is 2.60. The molecule has 0 spiro atoms. The Morgan fingerprint density at radius 2 is 1.77 bits per heavy atom.